The molecule has 1 aromatic carbocycles. The second kappa shape index (κ2) is 10.2. The second-order valence-electron chi connectivity index (χ2n) is 9.82. The van der Waals surface area contributed by atoms with E-state index in [4.69, 9.17) is 38.8 Å². The normalized spacial score (nSPS) is 22.8. The van der Waals surface area contributed by atoms with E-state index in [1.807, 2.05) is 31.2 Å². The number of aliphatic imine (C=N–C) groups is 2. The van der Waals surface area contributed by atoms with Gasteiger partial charge in [-0.3, -0.25) is 0 Å². The summed E-state index contributed by atoms with van der Waals surface area (Å²) < 4.78 is 0. The number of pyridine rings is 1. The van der Waals surface area contributed by atoms with Crippen molar-refractivity contribution in [1.82, 2.24) is 9.88 Å². The number of benzene rings is 1. The van der Waals surface area contributed by atoms with Gasteiger partial charge in [0.05, 0.1) is 28.1 Å². The monoisotopic (exact) mass is 509 g/mol. The fourth-order valence-corrected chi connectivity index (χ4v) is 5.46. The van der Waals surface area contributed by atoms with Gasteiger partial charge in [0.2, 0.25) is 5.96 Å². The van der Waals surface area contributed by atoms with E-state index in [1.54, 1.807) is 0 Å². The molecule has 2 atom stereocenters. The molecule has 3 aliphatic heterocycles. The van der Waals surface area contributed by atoms with Crippen LogP contribution in [-0.2, 0) is 0 Å². The molecule has 3 aliphatic rings. The number of guanidine groups is 1. The van der Waals surface area contributed by atoms with Gasteiger partial charge in [0.1, 0.15) is 5.82 Å². The van der Waals surface area contributed by atoms with E-state index in [2.05, 4.69) is 40.9 Å². The molecule has 3 N–H and O–H groups in total. The molecule has 0 bridgehead atoms. The molecule has 0 amide bonds. The van der Waals surface area contributed by atoms with Crippen molar-refractivity contribution in [2.24, 2.45) is 21.8 Å². The standard InChI is InChI=1S/C26H32ClN7S/c1-15-20-13-24(35)31-22-12-18(27)4-5-19(22)25(20)33-26(30-15)32-21-6-7-23(29-16(21)2)28-14-17-8-10-34(3)11-9-17/h4-7,12,15,17,20H,8-11,13-14H2,1-3H3,(H,28,29)(H,30,32)(H,31,35). The number of nitrogens with zero attached hydrogens (tertiary/aromatic N) is 4. The first-order valence-corrected chi connectivity index (χ1v) is 13.1. The van der Waals surface area contributed by atoms with Gasteiger partial charge in [-0.25, -0.2) is 15.0 Å². The average Bonchev–Trinajstić information content (AvgIpc) is 2.96. The van der Waals surface area contributed by atoms with Crippen molar-refractivity contribution in [2.45, 2.75) is 39.2 Å². The lowest BCUT2D eigenvalue weighted by Gasteiger charge is -2.29. The Labute approximate surface area is 217 Å². The van der Waals surface area contributed by atoms with Gasteiger partial charge in [0, 0.05) is 35.2 Å². The van der Waals surface area contributed by atoms with E-state index < -0.39 is 0 Å². The molecule has 9 heteroatoms. The van der Waals surface area contributed by atoms with Crippen molar-refractivity contribution < 1.29 is 0 Å². The third kappa shape index (κ3) is 5.50. The number of aromatic nitrogens is 1. The Kier molecular flexibility index (Phi) is 7.05. The molecule has 0 radical (unpaired) electrons. The van der Waals surface area contributed by atoms with Crippen LogP contribution in [0.3, 0.4) is 0 Å². The van der Waals surface area contributed by atoms with E-state index in [0.29, 0.717) is 23.3 Å². The molecule has 0 spiro atoms. The molecular weight excluding hydrogens is 478 g/mol. The van der Waals surface area contributed by atoms with Crippen molar-refractivity contribution in [2.75, 3.05) is 42.6 Å². The van der Waals surface area contributed by atoms with Gasteiger partial charge in [0.25, 0.3) is 0 Å². The van der Waals surface area contributed by atoms with E-state index in [0.717, 1.165) is 45.7 Å². The summed E-state index contributed by atoms with van der Waals surface area (Å²) in [6.45, 7) is 7.43. The van der Waals surface area contributed by atoms with Crippen LogP contribution in [0.2, 0.25) is 5.02 Å². The molecule has 1 aromatic heterocycles. The molecule has 2 unspecified atom stereocenters. The number of likely N-dealkylation sites (tertiary alicyclic amines) is 1. The minimum absolute atomic E-state index is 0.0371. The summed E-state index contributed by atoms with van der Waals surface area (Å²) in [7, 11) is 2.19. The molecule has 1 saturated heterocycles. The molecule has 2 aromatic rings. The quantitative estimate of drug-likeness (QED) is 0.491. The Hall–Kier alpha value is -2.55. The van der Waals surface area contributed by atoms with E-state index in [-0.39, 0.29) is 12.0 Å². The molecule has 35 heavy (non-hydrogen) atoms. The third-order valence-corrected chi connectivity index (χ3v) is 7.67. The topological polar surface area (TPSA) is 76.9 Å². The van der Waals surface area contributed by atoms with E-state index >= 15 is 0 Å². The zero-order chi connectivity index (χ0) is 24.5. The third-order valence-electron chi connectivity index (χ3n) is 7.17. The molecule has 0 aliphatic carbocycles. The molecule has 7 nitrogen and oxygen atoms in total. The van der Waals surface area contributed by atoms with Crippen LogP contribution in [0.25, 0.3) is 0 Å². The highest BCUT2D eigenvalue weighted by atomic mass is 35.5. The lowest BCUT2D eigenvalue weighted by molar-refractivity contribution is 0.226. The largest absolute Gasteiger partial charge is 0.370 e. The lowest BCUT2D eigenvalue weighted by Crippen LogP contribution is -2.34. The number of hydrogen-bond acceptors (Lipinski definition) is 7. The maximum atomic E-state index is 6.25. The van der Waals surface area contributed by atoms with Crippen molar-refractivity contribution in [3.05, 3.63) is 46.6 Å². The highest BCUT2D eigenvalue weighted by molar-refractivity contribution is 7.80. The van der Waals surface area contributed by atoms with Gasteiger partial charge in [-0.2, -0.15) is 0 Å². The van der Waals surface area contributed by atoms with Gasteiger partial charge >= 0.3 is 0 Å². The van der Waals surface area contributed by atoms with E-state index in [9.17, 15) is 0 Å². The summed E-state index contributed by atoms with van der Waals surface area (Å²) in [5.74, 6) is 2.32. The predicted octanol–water partition coefficient (Wildman–Crippen LogP) is 5.22. The van der Waals surface area contributed by atoms with Crippen LogP contribution in [0.5, 0.6) is 0 Å². The van der Waals surface area contributed by atoms with Crippen LogP contribution < -0.4 is 16.0 Å². The smallest absolute Gasteiger partial charge is 0.223 e. The minimum Gasteiger partial charge on any atom is -0.370 e. The maximum absolute atomic E-state index is 6.25. The van der Waals surface area contributed by atoms with Crippen LogP contribution in [0, 0.1) is 18.8 Å². The number of piperidine rings is 1. The van der Waals surface area contributed by atoms with Gasteiger partial charge in [-0.1, -0.05) is 23.8 Å². The molecular formula is C26H32ClN7S. The Morgan fingerprint density at radius 3 is 2.77 bits per heavy atom. The first-order chi connectivity index (χ1) is 16.9. The number of thiocarbonyl (C=S) groups is 1. The summed E-state index contributed by atoms with van der Waals surface area (Å²) >= 11 is 11.8. The van der Waals surface area contributed by atoms with Crippen LogP contribution in [0.1, 0.15) is 37.4 Å². The lowest BCUT2D eigenvalue weighted by atomic mass is 9.88. The summed E-state index contributed by atoms with van der Waals surface area (Å²) in [6.07, 6.45) is 3.17. The molecule has 4 heterocycles. The van der Waals surface area contributed by atoms with E-state index in [1.165, 1.54) is 25.9 Å². The SMILES string of the molecule is Cc1nc(NCC2CCN(C)CC2)ccc1NC1=NC(C)C2CC(=S)Nc3cc(Cl)ccc3C2=N1. The highest BCUT2D eigenvalue weighted by Gasteiger charge is 2.33. The first kappa shape index (κ1) is 24.2. The highest BCUT2D eigenvalue weighted by Crippen LogP contribution is 2.33. The maximum Gasteiger partial charge on any atom is 0.223 e. The average molecular weight is 510 g/mol. The Morgan fingerprint density at radius 1 is 1.20 bits per heavy atom. The number of rotatable bonds is 4. The van der Waals surface area contributed by atoms with Gasteiger partial charge in [0.15, 0.2) is 0 Å². The van der Waals surface area contributed by atoms with Crippen molar-refractivity contribution in [3.63, 3.8) is 0 Å². The van der Waals surface area contributed by atoms with Crippen molar-refractivity contribution >= 4 is 57.7 Å². The number of hydrogen-bond donors (Lipinski definition) is 3. The Balaban J connectivity index is 1.32. The van der Waals surface area contributed by atoms with Gasteiger partial charge < -0.3 is 20.9 Å². The van der Waals surface area contributed by atoms with Gasteiger partial charge in [-0.05, 0) is 83.1 Å². The Morgan fingerprint density at radius 2 is 2.00 bits per heavy atom. The number of anilines is 3. The summed E-state index contributed by atoms with van der Waals surface area (Å²) in [4.78, 5) is 17.8. The predicted molar refractivity (Wildman–Crippen MR) is 151 cm³/mol. The van der Waals surface area contributed by atoms with Crippen LogP contribution in [-0.4, -0.2) is 59.3 Å². The van der Waals surface area contributed by atoms with Crippen LogP contribution >= 0.6 is 23.8 Å². The summed E-state index contributed by atoms with van der Waals surface area (Å²) in [6, 6.07) is 9.93. The number of nitrogens with one attached hydrogen (secondary N) is 3. The van der Waals surface area contributed by atoms with Crippen molar-refractivity contribution in [1.29, 1.82) is 0 Å². The van der Waals surface area contributed by atoms with Crippen LogP contribution in [0.4, 0.5) is 17.2 Å². The minimum atomic E-state index is 0.0371. The number of fused-ring (bicyclic) bond motifs is 3. The summed E-state index contributed by atoms with van der Waals surface area (Å²) in [5.41, 5.74) is 4.71. The Bertz CT molecular complexity index is 1190. The fraction of sp³-hybridized carbons (Fsp3) is 0.462. The zero-order valence-electron chi connectivity index (χ0n) is 20.4. The molecule has 5 rings (SSSR count). The molecule has 1 fully saturated rings. The molecule has 0 saturated carbocycles. The van der Waals surface area contributed by atoms with Crippen LogP contribution in [0.15, 0.2) is 40.3 Å². The number of aryl methyl sites for hydroxylation is 1. The number of halogens is 1. The van der Waals surface area contributed by atoms with Crippen molar-refractivity contribution in [3.8, 4) is 0 Å². The fourth-order valence-electron chi connectivity index (χ4n) is 5.00. The summed E-state index contributed by atoms with van der Waals surface area (Å²) in [5, 5.41) is 10.9. The second-order valence-corrected chi connectivity index (χ2v) is 10.8. The molecule has 184 valence electrons. The first-order valence-electron chi connectivity index (χ1n) is 12.3. The zero-order valence-corrected chi connectivity index (χ0v) is 22.0. The van der Waals surface area contributed by atoms with Gasteiger partial charge in [-0.15, -0.1) is 0 Å².